The fourth-order valence-electron chi connectivity index (χ4n) is 4.98. The fraction of sp³-hybridized carbons (Fsp3) is 0.364. The van der Waals surface area contributed by atoms with Gasteiger partial charge in [0.15, 0.2) is 0 Å². The number of aromatic nitrogens is 1. The predicted octanol–water partition coefficient (Wildman–Crippen LogP) is 6.23. The molecule has 0 atom stereocenters. The summed E-state index contributed by atoms with van der Waals surface area (Å²) in [5, 5.41) is 0. The second-order valence-electron chi connectivity index (χ2n) is 10.1. The molecule has 8 heteroatoms. The third-order valence-corrected chi connectivity index (χ3v) is 7.10. The highest BCUT2D eigenvalue weighted by Crippen LogP contribution is 2.25. The number of hydrogen-bond acceptors (Lipinski definition) is 8. The van der Waals surface area contributed by atoms with Gasteiger partial charge in [-0.2, -0.15) is 4.98 Å². The first-order valence-electron chi connectivity index (χ1n) is 14.1. The fourth-order valence-corrected chi connectivity index (χ4v) is 4.98. The highest BCUT2D eigenvalue weighted by atomic mass is 16.5. The minimum Gasteiger partial charge on any atom is -0.497 e. The summed E-state index contributed by atoms with van der Waals surface area (Å²) in [5.41, 5.74) is 5.41. The van der Waals surface area contributed by atoms with Crippen molar-refractivity contribution in [2.24, 2.45) is 0 Å². The zero-order chi connectivity index (χ0) is 28.3. The third-order valence-electron chi connectivity index (χ3n) is 7.10. The maximum atomic E-state index is 5.97. The number of benzene rings is 3. The average molecular weight is 558 g/mol. The van der Waals surface area contributed by atoms with E-state index in [1.165, 1.54) is 24.1 Å². The van der Waals surface area contributed by atoms with E-state index < -0.39 is 0 Å². The zero-order valence-electron chi connectivity index (χ0n) is 24.0. The SMILES string of the molecule is COc1cccc(COCCOCc2coc(N(Cc3cccc(OC)c3)Cc3cccc(N4CCCC4)c3)n2)c1. The van der Waals surface area contributed by atoms with E-state index in [-0.39, 0.29) is 0 Å². The van der Waals surface area contributed by atoms with Crippen LogP contribution in [-0.4, -0.2) is 45.5 Å². The number of nitrogens with zero attached hydrogens (tertiary/aromatic N) is 3. The molecule has 8 nitrogen and oxygen atoms in total. The van der Waals surface area contributed by atoms with Crippen molar-refractivity contribution in [1.29, 1.82) is 0 Å². The van der Waals surface area contributed by atoms with Crippen molar-refractivity contribution < 1.29 is 23.4 Å². The Balaban J connectivity index is 1.19. The molecule has 41 heavy (non-hydrogen) atoms. The standard InChI is InChI=1S/C33H39N3O5/c1-37-31-12-6-9-27(19-31)22-36(21-26-8-5-11-30(18-26)35-14-3-4-15-35)33-34-29(25-41-33)24-40-17-16-39-23-28-10-7-13-32(20-28)38-2/h5-13,18-20,25H,3-4,14-17,21-24H2,1-2H3. The minimum atomic E-state index is 0.351. The van der Waals surface area contributed by atoms with E-state index in [0.29, 0.717) is 45.5 Å². The molecule has 0 spiro atoms. The monoisotopic (exact) mass is 557 g/mol. The van der Waals surface area contributed by atoms with Gasteiger partial charge in [-0.15, -0.1) is 0 Å². The molecule has 0 radical (unpaired) electrons. The second kappa shape index (κ2) is 14.6. The molecule has 0 N–H and O–H groups in total. The van der Waals surface area contributed by atoms with E-state index in [1.54, 1.807) is 20.5 Å². The normalized spacial score (nSPS) is 13.0. The number of oxazole rings is 1. The lowest BCUT2D eigenvalue weighted by Gasteiger charge is -2.23. The van der Waals surface area contributed by atoms with E-state index >= 15 is 0 Å². The van der Waals surface area contributed by atoms with Crippen LogP contribution in [0.3, 0.4) is 0 Å². The van der Waals surface area contributed by atoms with Gasteiger partial charge in [0.05, 0.1) is 40.6 Å². The molecule has 3 aromatic carbocycles. The number of methoxy groups -OCH3 is 2. The molecule has 2 heterocycles. The molecule has 0 saturated carbocycles. The molecule has 0 unspecified atom stereocenters. The molecule has 4 aromatic rings. The van der Waals surface area contributed by atoms with Crippen LogP contribution in [0.2, 0.25) is 0 Å². The Morgan fingerprint density at radius 1 is 0.756 bits per heavy atom. The van der Waals surface area contributed by atoms with Crippen molar-refractivity contribution in [3.05, 3.63) is 101 Å². The maximum absolute atomic E-state index is 5.97. The molecule has 216 valence electrons. The zero-order valence-corrected chi connectivity index (χ0v) is 24.0. The van der Waals surface area contributed by atoms with Crippen LogP contribution in [0.15, 0.2) is 83.5 Å². The summed E-state index contributed by atoms with van der Waals surface area (Å²) in [5.74, 6) is 1.65. The average Bonchev–Trinajstić information content (AvgIpc) is 3.72. The van der Waals surface area contributed by atoms with Crippen molar-refractivity contribution in [2.75, 3.05) is 50.3 Å². The van der Waals surface area contributed by atoms with Gasteiger partial charge in [-0.1, -0.05) is 36.4 Å². The van der Waals surface area contributed by atoms with Crippen molar-refractivity contribution in [1.82, 2.24) is 4.98 Å². The van der Waals surface area contributed by atoms with Crippen molar-refractivity contribution in [3.8, 4) is 11.5 Å². The van der Waals surface area contributed by atoms with E-state index in [2.05, 4.69) is 40.1 Å². The quantitative estimate of drug-likeness (QED) is 0.159. The van der Waals surface area contributed by atoms with Gasteiger partial charge < -0.3 is 33.2 Å². The Morgan fingerprint density at radius 3 is 2.07 bits per heavy atom. The highest BCUT2D eigenvalue weighted by molar-refractivity contribution is 5.50. The summed E-state index contributed by atoms with van der Waals surface area (Å²) < 4.78 is 28.3. The van der Waals surface area contributed by atoms with Gasteiger partial charge in [0.2, 0.25) is 0 Å². The number of hydrogen-bond donors (Lipinski definition) is 0. The smallest absolute Gasteiger partial charge is 0.298 e. The van der Waals surface area contributed by atoms with E-state index in [9.17, 15) is 0 Å². The molecule has 1 aromatic heterocycles. The lowest BCUT2D eigenvalue weighted by molar-refractivity contribution is 0.0328. The Morgan fingerprint density at radius 2 is 1.37 bits per heavy atom. The van der Waals surface area contributed by atoms with Crippen LogP contribution in [-0.2, 0) is 35.8 Å². The summed E-state index contributed by atoms with van der Waals surface area (Å²) in [6.45, 7) is 5.33. The molecule has 0 amide bonds. The van der Waals surface area contributed by atoms with Gasteiger partial charge in [-0.05, 0) is 65.9 Å². The third kappa shape index (κ3) is 8.25. The first-order valence-corrected chi connectivity index (χ1v) is 14.1. The van der Waals surface area contributed by atoms with Gasteiger partial charge >= 0.3 is 0 Å². The van der Waals surface area contributed by atoms with Gasteiger partial charge in [0, 0.05) is 31.9 Å². The Kier molecular flexibility index (Phi) is 10.1. The number of rotatable bonds is 15. The summed E-state index contributed by atoms with van der Waals surface area (Å²) in [6, 6.07) is 25.3. The molecule has 1 saturated heterocycles. The molecular formula is C33H39N3O5. The Labute approximate surface area is 242 Å². The van der Waals surface area contributed by atoms with Gasteiger partial charge in [0.1, 0.15) is 23.5 Å². The van der Waals surface area contributed by atoms with Crippen molar-refractivity contribution >= 4 is 11.7 Å². The largest absolute Gasteiger partial charge is 0.497 e. The van der Waals surface area contributed by atoms with Crippen LogP contribution in [0.25, 0.3) is 0 Å². The molecular weight excluding hydrogens is 518 g/mol. The van der Waals surface area contributed by atoms with Crippen LogP contribution >= 0.6 is 0 Å². The lowest BCUT2D eigenvalue weighted by Crippen LogP contribution is -2.23. The molecule has 1 aliphatic rings. The van der Waals surface area contributed by atoms with Crippen LogP contribution in [0, 0.1) is 0 Å². The summed E-state index contributed by atoms with van der Waals surface area (Å²) in [6.07, 6.45) is 4.18. The van der Waals surface area contributed by atoms with Crippen molar-refractivity contribution in [3.63, 3.8) is 0 Å². The van der Waals surface area contributed by atoms with E-state index in [1.807, 2.05) is 42.5 Å². The number of anilines is 2. The van der Waals surface area contributed by atoms with Crippen LogP contribution in [0.4, 0.5) is 11.7 Å². The lowest BCUT2D eigenvalue weighted by atomic mass is 10.1. The van der Waals surface area contributed by atoms with Crippen LogP contribution in [0.5, 0.6) is 11.5 Å². The summed E-state index contributed by atoms with van der Waals surface area (Å²) in [7, 11) is 3.35. The van der Waals surface area contributed by atoms with Gasteiger partial charge in [-0.25, -0.2) is 0 Å². The summed E-state index contributed by atoms with van der Waals surface area (Å²) in [4.78, 5) is 9.37. The van der Waals surface area contributed by atoms with Gasteiger partial charge in [-0.3, -0.25) is 0 Å². The molecule has 5 rings (SSSR count). The van der Waals surface area contributed by atoms with E-state index in [0.717, 1.165) is 41.4 Å². The molecule has 0 bridgehead atoms. The topological polar surface area (TPSA) is 69.4 Å². The van der Waals surface area contributed by atoms with Crippen LogP contribution in [0.1, 0.15) is 35.2 Å². The highest BCUT2D eigenvalue weighted by Gasteiger charge is 2.17. The maximum Gasteiger partial charge on any atom is 0.298 e. The number of ether oxygens (including phenoxy) is 4. The second-order valence-corrected chi connectivity index (χ2v) is 10.1. The summed E-state index contributed by atoms with van der Waals surface area (Å²) >= 11 is 0. The first-order chi connectivity index (χ1) is 20.2. The minimum absolute atomic E-state index is 0.351. The van der Waals surface area contributed by atoms with Crippen LogP contribution < -0.4 is 19.3 Å². The van der Waals surface area contributed by atoms with Gasteiger partial charge in [0.25, 0.3) is 6.01 Å². The molecule has 1 aliphatic heterocycles. The predicted molar refractivity (Wildman–Crippen MR) is 160 cm³/mol. The molecule has 0 aliphatic carbocycles. The Hall–Kier alpha value is -4.01. The molecule has 1 fully saturated rings. The van der Waals surface area contributed by atoms with E-state index in [4.69, 9.17) is 28.3 Å². The van der Waals surface area contributed by atoms with Crippen molar-refractivity contribution in [2.45, 2.75) is 39.1 Å². The Bertz CT molecular complexity index is 1370. The first kappa shape index (κ1) is 28.5.